The van der Waals surface area contributed by atoms with Crippen LogP contribution in [0.5, 0.6) is 0 Å². The van der Waals surface area contributed by atoms with Crippen LogP contribution >= 0.6 is 11.6 Å². The Labute approximate surface area is 205 Å². The van der Waals surface area contributed by atoms with Crippen LogP contribution in [0.2, 0.25) is 0 Å². The maximum atomic E-state index is 12.4. The number of hydrogen-bond donors (Lipinski definition) is 2. The number of fused-ring (bicyclic) bond motifs is 1. The van der Waals surface area contributed by atoms with Gasteiger partial charge in [0.2, 0.25) is 5.91 Å². The summed E-state index contributed by atoms with van der Waals surface area (Å²) in [5.74, 6) is 1.45. The van der Waals surface area contributed by atoms with Crippen molar-refractivity contribution in [3.63, 3.8) is 0 Å². The van der Waals surface area contributed by atoms with Crippen molar-refractivity contribution < 1.29 is 9.53 Å². The number of amides is 1. The summed E-state index contributed by atoms with van der Waals surface area (Å²) in [7, 11) is 0. The molecule has 0 aromatic carbocycles. The Morgan fingerprint density at radius 3 is 2.74 bits per heavy atom. The number of aromatic nitrogens is 3. The van der Waals surface area contributed by atoms with Crippen molar-refractivity contribution >= 4 is 29.0 Å². The average molecular weight is 485 g/mol. The van der Waals surface area contributed by atoms with Crippen LogP contribution in [0, 0.1) is 5.92 Å². The number of rotatable bonds is 6. The minimum Gasteiger partial charge on any atom is -0.379 e. The molecular formula is C25H33ClN6O2. The van der Waals surface area contributed by atoms with Crippen molar-refractivity contribution in [1.29, 1.82) is 0 Å². The molecule has 0 bridgehead atoms. The minimum absolute atomic E-state index is 0.124. The third-order valence-corrected chi connectivity index (χ3v) is 7.36. The molecular weight excluding hydrogens is 452 g/mol. The van der Waals surface area contributed by atoms with E-state index in [0.29, 0.717) is 31.7 Å². The van der Waals surface area contributed by atoms with Crippen LogP contribution < -0.4 is 10.6 Å². The Hall–Kier alpha value is -2.42. The third kappa shape index (κ3) is 5.45. The number of morpholine rings is 1. The van der Waals surface area contributed by atoms with E-state index in [1.54, 1.807) is 0 Å². The third-order valence-electron chi connectivity index (χ3n) is 7.11. The molecule has 8 nitrogen and oxygen atoms in total. The van der Waals surface area contributed by atoms with E-state index in [4.69, 9.17) is 21.4 Å². The van der Waals surface area contributed by atoms with E-state index in [-0.39, 0.29) is 17.9 Å². The van der Waals surface area contributed by atoms with Gasteiger partial charge in [-0.05, 0) is 49.8 Å². The van der Waals surface area contributed by atoms with E-state index in [2.05, 4.69) is 39.6 Å². The lowest BCUT2D eigenvalue weighted by atomic mass is 9.88. The Morgan fingerprint density at radius 2 is 1.94 bits per heavy atom. The Kier molecular flexibility index (Phi) is 7.18. The maximum absolute atomic E-state index is 12.4. The van der Waals surface area contributed by atoms with Gasteiger partial charge in [-0.25, -0.2) is 9.50 Å². The number of nitrogens with zero attached hydrogens (tertiary/aromatic N) is 4. The monoisotopic (exact) mass is 484 g/mol. The Bertz CT molecular complexity index is 1070. The van der Waals surface area contributed by atoms with Crippen LogP contribution in [0.4, 0.5) is 5.82 Å². The summed E-state index contributed by atoms with van der Waals surface area (Å²) in [4.78, 5) is 19.1. The zero-order chi connectivity index (χ0) is 23.5. The maximum Gasteiger partial charge on any atom is 0.234 e. The lowest BCUT2D eigenvalue weighted by Crippen LogP contribution is -2.47. The van der Waals surface area contributed by atoms with Crippen LogP contribution in [0.3, 0.4) is 0 Å². The van der Waals surface area contributed by atoms with Gasteiger partial charge in [0.15, 0.2) is 5.65 Å². The smallest absolute Gasteiger partial charge is 0.234 e. The van der Waals surface area contributed by atoms with Crippen molar-refractivity contribution in [2.45, 2.75) is 50.6 Å². The zero-order valence-corrected chi connectivity index (χ0v) is 20.4. The molecule has 0 spiro atoms. The molecule has 2 aromatic heterocycles. The van der Waals surface area contributed by atoms with Gasteiger partial charge in [-0.1, -0.05) is 30.7 Å². The highest BCUT2D eigenvalue weighted by molar-refractivity contribution is 6.31. The second-order valence-corrected chi connectivity index (χ2v) is 10.1. The van der Waals surface area contributed by atoms with Gasteiger partial charge in [-0.15, -0.1) is 5.10 Å². The first-order valence-electron chi connectivity index (χ1n) is 12.3. The normalized spacial score (nSPS) is 28.0. The predicted molar refractivity (Wildman–Crippen MR) is 133 cm³/mol. The molecule has 34 heavy (non-hydrogen) atoms. The molecule has 182 valence electrons. The van der Waals surface area contributed by atoms with Gasteiger partial charge >= 0.3 is 0 Å². The van der Waals surface area contributed by atoms with Crippen molar-refractivity contribution in [2.24, 2.45) is 5.92 Å². The largest absolute Gasteiger partial charge is 0.379 e. The molecule has 2 aliphatic carbocycles. The first kappa shape index (κ1) is 23.3. The Balaban J connectivity index is 1.16. The Morgan fingerprint density at radius 1 is 1.18 bits per heavy atom. The van der Waals surface area contributed by atoms with Crippen molar-refractivity contribution in [1.82, 2.24) is 24.8 Å². The van der Waals surface area contributed by atoms with Crippen LogP contribution in [0.25, 0.3) is 5.65 Å². The highest BCUT2D eigenvalue weighted by Gasteiger charge is 2.25. The quantitative estimate of drug-likeness (QED) is 0.654. The fraction of sp³-hybridized carbons (Fsp3) is 0.560. The van der Waals surface area contributed by atoms with Gasteiger partial charge in [0.25, 0.3) is 0 Å². The number of hydrogen-bond acceptors (Lipinski definition) is 6. The summed E-state index contributed by atoms with van der Waals surface area (Å²) in [5, 5.41) is 12.4. The molecule has 2 fully saturated rings. The van der Waals surface area contributed by atoms with Gasteiger partial charge in [0.05, 0.1) is 31.6 Å². The second kappa shape index (κ2) is 10.5. The molecule has 1 amide bonds. The molecule has 9 heteroatoms. The number of nitrogens with one attached hydrogen (secondary N) is 2. The zero-order valence-electron chi connectivity index (χ0n) is 19.6. The highest BCUT2D eigenvalue weighted by atomic mass is 35.5. The number of carbonyl (C=O) groups excluding carboxylic acids is 1. The number of allylic oxidation sites excluding steroid dienone is 4. The van der Waals surface area contributed by atoms with Crippen molar-refractivity contribution in [3.8, 4) is 0 Å². The summed E-state index contributed by atoms with van der Waals surface area (Å²) < 4.78 is 7.29. The summed E-state index contributed by atoms with van der Waals surface area (Å²) in [6.07, 6.45) is 12.0. The summed E-state index contributed by atoms with van der Waals surface area (Å²) >= 11 is 6.28. The second-order valence-electron chi connectivity index (χ2n) is 9.62. The highest BCUT2D eigenvalue weighted by Crippen LogP contribution is 2.33. The van der Waals surface area contributed by atoms with Crippen LogP contribution in [-0.4, -0.2) is 70.3 Å². The van der Waals surface area contributed by atoms with Crippen LogP contribution in [0.1, 0.15) is 44.2 Å². The first-order valence-corrected chi connectivity index (χ1v) is 12.7. The molecule has 1 saturated heterocycles. The standard InChI is InChI=1S/C25H33ClN6O2/c1-17-2-3-18(26)14-21(17)22-15-27-24-9-8-23(30-32(22)24)28-19-4-6-20(7-5-19)29-25(33)16-31-10-12-34-13-11-31/h2-3,8-9,14-15,17,19-21H,4-7,10-13,16H2,1H3,(H,28,30)(H,29,33). The fourth-order valence-electron chi connectivity index (χ4n) is 5.12. The average Bonchev–Trinajstić information content (AvgIpc) is 3.25. The molecule has 0 radical (unpaired) electrons. The molecule has 3 aliphatic rings. The number of anilines is 1. The summed E-state index contributed by atoms with van der Waals surface area (Å²) in [6.45, 7) is 5.74. The SMILES string of the molecule is CC1C=CC(Cl)=CC1c1cnc2ccc(NC3CCC(NC(=O)CN4CCOCC4)CC3)nn12. The topological polar surface area (TPSA) is 83.8 Å². The van der Waals surface area contributed by atoms with Crippen molar-refractivity contribution in [3.05, 3.63) is 47.3 Å². The first-order chi connectivity index (χ1) is 16.5. The number of imidazole rings is 1. The lowest BCUT2D eigenvalue weighted by Gasteiger charge is -2.31. The lowest BCUT2D eigenvalue weighted by molar-refractivity contribution is -0.124. The van der Waals surface area contributed by atoms with E-state index in [0.717, 1.165) is 61.0 Å². The van der Waals surface area contributed by atoms with Gasteiger partial charge in [0.1, 0.15) is 5.82 Å². The molecule has 2 unspecified atom stereocenters. The molecule has 2 N–H and O–H groups in total. The summed E-state index contributed by atoms with van der Waals surface area (Å²) in [6, 6.07) is 4.59. The molecule has 2 aromatic rings. The molecule has 5 rings (SSSR count). The molecule has 1 aliphatic heterocycles. The van der Waals surface area contributed by atoms with Crippen molar-refractivity contribution in [2.75, 3.05) is 38.2 Å². The number of halogens is 1. The van der Waals surface area contributed by atoms with E-state index < -0.39 is 0 Å². The molecule has 2 atom stereocenters. The number of ether oxygens (including phenoxy) is 1. The van der Waals surface area contributed by atoms with Gasteiger partial charge in [-0.3, -0.25) is 9.69 Å². The minimum atomic E-state index is 0.124. The van der Waals surface area contributed by atoms with Gasteiger partial charge in [-0.2, -0.15) is 0 Å². The predicted octanol–water partition coefficient (Wildman–Crippen LogP) is 3.31. The van der Waals surface area contributed by atoms with E-state index in [9.17, 15) is 4.79 Å². The molecule has 3 heterocycles. The fourth-order valence-corrected chi connectivity index (χ4v) is 5.33. The molecule has 1 saturated carbocycles. The van der Waals surface area contributed by atoms with Gasteiger partial charge < -0.3 is 15.4 Å². The van der Waals surface area contributed by atoms with Crippen LogP contribution in [0.15, 0.2) is 41.6 Å². The van der Waals surface area contributed by atoms with E-state index in [1.165, 1.54) is 0 Å². The van der Waals surface area contributed by atoms with Gasteiger partial charge in [0, 0.05) is 36.1 Å². The van der Waals surface area contributed by atoms with E-state index in [1.807, 2.05) is 28.9 Å². The summed E-state index contributed by atoms with van der Waals surface area (Å²) in [5.41, 5.74) is 1.87. The van der Waals surface area contributed by atoms with E-state index >= 15 is 0 Å². The number of carbonyl (C=O) groups is 1. The van der Waals surface area contributed by atoms with Crippen LogP contribution in [-0.2, 0) is 9.53 Å².